The van der Waals surface area contributed by atoms with Gasteiger partial charge in [0.1, 0.15) is 0 Å². The zero-order chi connectivity index (χ0) is 12.0. The highest BCUT2D eigenvalue weighted by Crippen LogP contribution is 2.26. The lowest BCUT2D eigenvalue weighted by atomic mass is 10.0. The molecule has 1 aromatic rings. The van der Waals surface area contributed by atoms with Crippen molar-refractivity contribution in [1.82, 2.24) is 5.32 Å². The lowest BCUT2D eigenvalue weighted by molar-refractivity contribution is 0.494. The summed E-state index contributed by atoms with van der Waals surface area (Å²) in [5, 5.41) is 4.36. The molecule has 1 atom stereocenters. The summed E-state index contributed by atoms with van der Waals surface area (Å²) in [6.45, 7) is 5.44. The molecule has 0 saturated carbocycles. The van der Waals surface area contributed by atoms with E-state index in [0.717, 1.165) is 28.9 Å². The van der Waals surface area contributed by atoms with Crippen LogP contribution in [0.15, 0.2) is 22.7 Å². The van der Waals surface area contributed by atoms with Crippen LogP contribution in [0.25, 0.3) is 0 Å². The van der Waals surface area contributed by atoms with Crippen molar-refractivity contribution in [2.75, 3.05) is 6.54 Å². The normalized spacial score (nSPS) is 12.8. The van der Waals surface area contributed by atoms with Gasteiger partial charge in [0.05, 0.1) is 0 Å². The SMILES string of the molecule is CCCNC(CCC)c1cc(Cl)cc(Br)c1. The van der Waals surface area contributed by atoms with Gasteiger partial charge in [0.2, 0.25) is 0 Å². The third-order valence-electron chi connectivity index (χ3n) is 2.51. The van der Waals surface area contributed by atoms with Crippen LogP contribution in [0.3, 0.4) is 0 Å². The Morgan fingerprint density at radius 1 is 1.25 bits per heavy atom. The lowest BCUT2D eigenvalue weighted by Gasteiger charge is -2.18. The molecule has 1 rings (SSSR count). The Balaban J connectivity index is 2.82. The maximum absolute atomic E-state index is 6.07. The van der Waals surface area contributed by atoms with Gasteiger partial charge in [-0.05, 0) is 43.1 Å². The number of halogens is 2. The summed E-state index contributed by atoms with van der Waals surface area (Å²) < 4.78 is 1.05. The summed E-state index contributed by atoms with van der Waals surface area (Å²) >= 11 is 9.56. The van der Waals surface area contributed by atoms with E-state index >= 15 is 0 Å². The first-order valence-corrected chi connectivity index (χ1v) is 7.03. The van der Waals surface area contributed by atoms with Crippen LogP contribution in [0, 0.1) is 0 Å². The molecule has 1 aromatic carbocycles. The Hall–Kier alpha value is -0.0500. The molecular formula is C13H19BrClN. The minimum absolute atomic E-state index is 0.417. The Labute approximate surface area is 112 Å². The topological polar surface area (TPSA) is 12.0 Å². The Kier molecular flexibility index (Phi) is 6.40. The number of nitrogens with one attached hydrogen (secondary N) is 1. The van der Waals surface area contributed by atoms with Crippen LogP contribution in [0.4, 0.5) is 0 Å². The van der Waals surface area contributed by atoms with E-state index in [9.17, 15) is 0 Å². The molecule has 1 N–H and O–H groups in total. The highest BCUT2D eigenvalue weighted by molar-refractivity contribution is 9.10. The first-order chi connectivity index (χ1) is 7.67. The van der Waals surface area contributed by atoms with Gasteiger partial charge in [0.15, 0.2) is 0 Å². The number of benzene rings is 1. The second-order valence-electron chi connectivity index (χ2n) is 4.00. The monoisotopic (exact) mass is 303 g/mol. The predicted molar refractivity (Wildman–Crippen MR) is 75.1 cm³/mol. The molecule has 0 aliphatic rings. The Bertz CT molecular complexity index is 307. The Morgan fingerprint density at radius 3 is 2.56 bits per heavy atom. The molecule has 0 aliphatic carbocycles. The Morgan fingerprint density at radius 2 is 2.00 bits per heavy atom. The summed E-state index contributed by atoms with van der Waals surface area (Å²) in [4.78, 5) is 0. The second kappa shape index (κ2) is 7.31. The van der Waals surface area contributed by atoms with Crippen molar-refractivity contribution in [3.05, 3.63) is 33.3 Å². The molecule has 0 aliphatic heterocycles. The fourth-order valence-electron chi connectivity index (χ4n) is 1.77. The molecule has 0 bridgehead atoms. The molecule has 0 spiro atoms. The van der Waals surface area contributed by atoms with Crippen LogP contribution in [-0.4, -0.2) is 6.54 Å². The molecule has 0 aromatic heterocycles. The van der Waals surface area contributed by atoms with Crippen LogP contribution in [-0.2, 0) is 0 Å². The van der Waals surface area contributed by atoms with Crippen LogP contribution in [0.5, 0.6) is 0 Å². The van der Waals surface area contributed by atoms with Gasteiger partial charge < -0.3 is 5.32 Å². The van der Waals surface area contributed by atoms with Gasteiger partial charge in [-0.3, -0.25) is 0 Å². The molecule has 0 heterocycles. The van der Waals surface area contributed by atoms with Gasteiger partial charge in [-0.1, -0.05) is 47.8 Å². The molecule has 1 unspecified atom stereocenters. The summed E-state index contributed by atoms with van der Waals surface area (Å²) in [6.07, 6.45) is 3.47. The summed E-state index contributed by atoms with van der Waals surface area (Å²) in [6, 6.07) is 6.54. The maximum Gasteiger partial charge on any atom is 0.0420 e. The highest BCUT2D eigenvalue weighted by Gasteiger charge is 2.10. The molecule has 0 saturated heterocycles. The van der Waals surface area contributed by atoms with E-state index in [1.165, 1.54) is 12.0 Å². The van der Waals surface area contributed by atoms with Gasteiger partial charge in [-0.15, -0.1) is 0 Å². The molecule has 16 heavy (non-hydrogen) atoms. The number of hydrogen-bond acceptors (Lipinski definition) is 1. The summed E-state index contributed by atoms with van der Waals surface area (Å²) in [7, 11) is 0. The predicted octanol–water partition coefficient (Wildman–Crippen LogP) is 4.94. The maximum atomic E-state index is 6.07. The first kappa shape index (κ1) is 14.0. The van der Waals surface area contributed by atoms with E-state index in [4.69, 9.17) is 11.6 Å². The quantitative estimate of drug-likeness (QED) is 0.784. The van der Waals surface area contributed by atoms with Crippen molar-refractivity contribution in [3.63, 3.8) is 0 Å². The van der Waals surface area contributed by atoms with Gasteiger partial charge >= 0.3 is 0 Å². The van der Waals surface area contributed by atoms with Crippen LogP contribution < -0.4 is 5.32 Å². The van der Waals surface area contributed by atoms with E-state index in [-0.39, 0.29) is 0 Å². The molecular weight excluding hydrogens is 286 g/mol. The van der Waals surface area contributed by atoms with Gasteiger partial charge in [-0.25, -0.2) is 0 Å². The zero-order valence-electron chi connectivity index (χ0n) is 9.89. The molecule has 1 nitrogen and oxygen atoms in total. The smallest absolute Gasteiger partial charge is 0.0420 e. The fraction of sp³-hybridized carbons (Fsp3) is 0.538. The third-order valence-corrected chi connectivity index (χ3v) is 3.18. The minimum Gasteiger partial charge on any atom is -0.310 e. The first-order valence-electron chi connectivity index (χ1n) is 5.86. The average molecular weight is 305 g/mol. The van der Waals surface area contributed by atoms with Crippen LogP contribution >= 0.6 is 27.5 Å². The summed E-state index contributed by atoms with van der Waals surface area (Å²) in [5.74, 6) is 0. The molecule has 0 amide bonds. The van der Waals surface area contributed by atoms with Gasteiger partial charge in [0, 0.05) is 15.5 Å². The number of rotatable bonds is 6. The van der Waals surface area contributed by atoms with Gasteiger partial charge in [0.25, 0.3) is 0 Å². The van der Waals surface area contributed by atoms with Gasteiger partial charge in [-0.2, -0.15) is 0 Å². The van der Waals surface area contributed by atoms with Crippen molar-refractivity contribution < 1.29 is 0 Å². The molecule has 0 fully saturated rings. The van der Waals surface area contributed by atoms with Crippen molar-refractivity contribution in [3.8, 4) is 0 Å². The second-order valence-corrected chi connectivity index (χ2v) is 5.35. The van der Waals surface area contributed by atoms with Crippen molar-refractivity contribution >= 4 is 27.5 Å². The number of hydrogen-bond donors (Lipinski definition) is 1. The average Bonchev–Trinajstić information content (AvgIpc) is 2.22. The van der Waals surface area contributed by atoms with Crippen LogP contribution in [0.1, 0.15) is 44.7 Å². The van der Waals surface area contributed by atoms with E-state index in [0.29, 0.717) is 6.04 Å². The van der Waals surface area contributed by atoms with E-state index in [1.54, 1.807) is 0 Å². The lowest BCUT2D eigenvalue weighted by Crippen LogP contribution is -2.22. The molecule has 90 valence electrons. The molecule has 0 radical (unpaired) electrons. The molecule has 3 heteroatoms. The van der Waals surface area contributed by atoms with E-state index in [2.05, 4.69) is 47.2 Å². The van der Waals surface area contributed by atoms with Crippen LogP contribution in [0.2, 0.25) is 5.02 Å². The minimum atomic E-state index is 0.417. The van der Waals surface area contributed by atoms with Crippen molar-refractivity contribution in [2.24, 2.45) is 0 Å². The van der Waals surface area contributed by atoms with E-state index in [1.807, 2.05) is 6.07 Å². The zero-order valence-corrected chi connectivity index (χ0v) is 12.2. The fourth-order valence-corrected chi connectivity index (χ4v) is 2.66. The van der Waals surface area contributed by atoms with Crippen molar-refractivity contribution in [2.45, 2.75) is 39.2 Å². The standard InChI is InChI=1S/C13H19BrClN/c1-3-5-13(16-6-4-2)10-7-11(14)9-12(15)8-10/h7-9,13,16H,3-6H2,1-2H3. The largest absolute Gasteiger partial charge is 0.310 e. The van der Waals surface area contributed by atoms with E-state index < -0.39 is 0 Å². The van der Waals surface area contributed by atoms with Crippen molar-refractivity contribution in [1.29, 1.82) is 0 Å². The highest BCUT2D eigenvalue weighted by atomic mass is 79.9. The summed E-state index contributed by atoms with van der Waals surface area (Å²) in [5.41, 5.74) is 1.27. The third kappa shape index (κ3) is 4.44.